The number of nitrogens with zero attached hydrogens (tertiary/aromatic N) is 1. The Morgan fingerprint density at radius 3 is 2.59 bits per heavy atom. The molecule has 0 heterocycles. The first-order valence-corrected chi connectivity index (χ1v) is 5.68. The second-order valence-electron chi connectivity index (χ2n) is 4.02. The SMILES string of the molecule is CN(C(=O)CCN)c1ccc2ccccc2c1. The standard InChI is InChI=1S/C14H16N2O/c1-16(14(17)8-9-15)13-7-6-11-4-2-3-5-12(11)10-13/h2-7,10H,8-9,15H2,1H3. The van der Waals surface area contributed by atoms with Gasteiger partial charge in [-0.2, -0.15) is 0 Å². The lowest BCUT2D eigenvalue weighted by Crippen LogP contribution is -2.27. The molecule has 88 valence electrons. The summed E-state index contributed by atoms with van der Waals surface area (Å²) in [6, 6.07) is 14.1. The van der Waals surface area contributed by atoms with Crippen LogP contribution in [0.4, 0.5) is 5.69 Å². The fourth-order valence-corrected chi connectivity index (χ4v) is 1.82. The second kappa shape index (κ2) is 4.97. The van der Waals surface area contributed by atoms with E-state index in [0.29, 0.717) is 13.0 Å². The quantitative estimate of drug-likeness (QED) is 0.875. The maximum atomic E-state index is 11.7. The average Bonchev–Trinajstić information content (AvgIpc) is 2.37. The van der Waals surface area contributed by atoms with Crippen LogP contribution >= 0.6 is 0 Å². The lowest BCUT2D eigenvalue weighted by atomic mass is 10.1. The molecule has 2 N–H and O–H groups in total. The van der Waals surface area contributed by atoms with Crippen LogP contribution in [-0.4, -0.2) is 19.5 Å². The van der Waals surface area contributed by atoms with Crippen LogP contribution in [0.3, 0.4) is 0 Å². The molecule has 0 aliphatic heterocycles. The van der Waals surface area contributed by atoms with Crippen LogP contribution < -0.4 is 10.6 Å². The number of anilines is 1. The minimum atomic E-state index is 0.0442. The molecular weight excluding hydrogens is 212 g/mol. The minimum Gasteiger partial charge on any atom is -0.330 e. The van der Waals surface area contributed by atoms with Crippen LogP contribution in [0, 0.1) is 0 Å². The molecule has 0 fully saturated rings. The molecule has 1 amide bonds. The number of nitrogens with two attached hydrogens (primary N) is 1. The lowest BCUT2D eigenvalue weighted by Gasteiger charge is -2.17. The molecule has 0 saturated heterocycles. The summed E-state index contributed by atoms with van der Waals surface area (Å²) in [6.45, 7) is 0.386. The van der Waals surface area contributed by atoms with Gasteiger partial charge in [-0.25, -0.2) is 0 Å². The van der Waals surface area contributed by atoms with E-state index < -0.39 is 0 Å². The molecule has 2 aromatic rings. The van der Waals surface area contributed by atoms with Gasteiger partial charge < -0.3 is 10.6 Å². The molecule has 0 saturated carbocycles. The first-order valence-electron chi connectivity index (χ1n) is 5.68. The number of hydrogen-bond acceptors (Lipinski definition) is 2. The van der Waals surface area contributed by atoms with Crippen molar-refractivity contribution >= 4 is 22.4 Å². The largest absolute Gasteiger partial charge is 0.330 e. The molecule has 0 aliphatic carbocycles. The summed E-state index contributed by atoms with van der Waals surface area (Å²) in [4.78, 5) is 13.4. The van der Waals surface area contributed by atoms with Gasteiger partial charge in [0.05, 0.1) is 0 Å². The Hall–Kier alpha value is -1.87. The van der Waals surface area contributed by atoms with Crippen LogP contribution in [0.5, 0.6) is 0 Å². The number of fused-ring (bicyclic) bond motifs is 1. The van der Waals surface area contributed by atoms with Gasteiger partial charge in [-0.1, -0.05) is 30.3 Å². The predicted molar refractivity (Wildman–Crippen MR) is 71.0 cm³/mol. The number of carbonyl (C=O) groups is 1. The van der Waals surface area contributed by atoms with Crippen LogP contribution in [0.1, 0.15) is 6.42 Å². The Morgan fingerprint density at radius 2 is 1.88 bits per heavy atom. The third kappa shape index (κ3) is 2.45. The van der Waals surface area contributed by atoms with Gasteiger partial charge >= 0.3 is 0 Å². The van der Waals surface area contributed by atoms with E-state index in [1.807, 2.05) is 36.4 Å². The molecular formula is C14H16N2O. The number of carbonyl (C=O) groups excluding carboxylic acids is 1. The molecule has 17 heavy (non-hydrogen) atoms. The van der Waals surface area contributed by atoms with Gasteiger partial charge in [0.1, 0.15) is 0 Å². The normalized spacial score (nSPS) is 10.5. The Labute approximate surface area is 101 Å². The van der Waals surface area contributed by atoms with E-state index in [4.69, 9.17) is 5.73 Å². The van der Waals surface area contributed by atoms with Crippen molar-refractivity contribution < 1.29 is 4.79 Å². The summed E-state index contributed by atoms with van der Waals surface area (Å²) >= 11 is 0. The minimum absolute atomic E-state index is 0.0442. The van der Waals surface area contributed by atoms with Crippen LogP contribution in [0.15, 0.2) is 42.5 Å². The first kappa shape index (κ1) is 11.6. The van der Waals surface area contributed by atoms with Gasteiger partial charge in [0.15, 0.2) is 0 Å². The van der Waals surface area contributed by atoms with Crippen molar-refractivity contribution in [2.75, 3.05) is 18.5 Å². The maximum absolute atomic E-state index is 11.7. The van der Waals surface area contributed by atoms with E-state index >= 15 is 0 Å². The van der Waals surface area contributed by atoms with Gasteiger partial charge in [-0.05, 0) is 22.9 Å². The molecule has 2 aromatic carbocycles. The fraction of sp³-hybridized carbons (Fsp3) is 0.214. The molecule has 0 atom stereocenters. The smallest absolute Gasteiger partial charge is 0.227 e. The molecule has 0 bridgehead atoms. The summed E-state index contributed by atoms with van der Waals surface area (Å²) in [5.41, 5.74) is 6.29. The molecule has 0 unspecified atom stereocenters. The van der Waals surface area contributed by atoms with Crippen molar-refractivity contribution in [2.45, 2.75) is 6.42 Å². The Balaban J connectivity index is 2.32. The summed E-state index contributed by atoms with van der Waals surface area (Å²) < 4.78 is 0. The zero-order valence-electron chi connectivity index (χ0n) is 9.89. The molecule has 0 radical (unpaired) electrons. The Kier molecular flexibility index (Phi) is 3.40. The van der Waals surface area contributed by atoms with E-state index in [0.717, 1.165) is 11.1 Å². The highest BCUT2D eigenvalue weighted by molar-refractivity contribution is 5.96. The van der Waals surface area contributed by atoms with E-state index in [-0.39, 0.29) is 5.91 Å². The topological polar surface area (TPSA) is 46.3 Å². The number of benzene rings is 2. The van der Waals surface area contributed by atoms with Crippen molar-refractivity contribution in [1.29, 1.82) is 0 Å². The van der Waals surface area contributed by atoms with E-state index in [1.165, 1.54) is 5.39 Å². The highest BCUT2D eigenvalue weighted by Crippen LogP contribution is 2.21. The Bertz CT molecular complexity index is 536. The van der Waals surface area contributed by atoms with Crippen LogP contribution in [-0.2, 0) is 4.79 Å². The average molecular weight is 228 g/mol. The summed E-state index contributed by atoms with van der Waals surface area (Å²) in [6.07, 6.45) is 0.378. The monoisotopic (exact) mass is 228 g/mol. The number of hydrogen-bond donors (Lipinski definition) is 1. The van der Waals surface area contributed by atoms with Gasteiger partial charge in [0, 0.05) is 25.7 Å². The fourth-order valence-electron chi connectivity index (χ4n) is 1.82. The zero-order valence-corrected chi connectivity index (χ0v) is 9.89. The predicted octanol–water partition coefficient (Wildman–Crippen LogP) is 2.15. The van der Waals surface area contributed by atoms with Crippen molar-refractivity contribution in [1.82, 2.24) is 0 Å². The van der Waals surface area contributed by atoms with Gasteiger partial charge in [0.2, 0.25) is 5.91 Å². The van der Waals surface area contributed by atoms with Gasteiger partial charge in [-0.15, -0.1) is 0 Å². The summed E-state index contributed by atoms with van der Waals surface area (Å²) in [5.74, 6) is 0.0442. The molecule has 0 aliphatic rings. The molecule has 2 rings (SSSR count). The van der Waals surface area contributed by atoms with Crippen LogP contribution in [0.2, 0.25) is 0 Å². The van der Waals surface area contributed by atoms with Crippen molar-refractivity contribution in [2.24, 2.45) is 5.73 Å². The third-order valence-electron chi connectivity index (χ3n) is 2.85. The van der Waals surface area contributed by atoms with E-state index in [2.05, 4.69) is 6.07 Å². The van der Waals surface area contributed by atoms with E-state index in [1.54, 1.807) is 11.9 Å². The van der Waals surface area contributed by atoms with Crippen molar-refractivity contribution in [3.63, 3.8) is 0 Å². The van der Waals surface area contributed by atoms with Gasteiger partial charge in [-0.3, -0.25) is 4.79 Å². The maximum Gasteiger partial charge on any atom is 0.227 e. The lowest BCUT2D eigenvalue weighted by molar-refractivity contribution is -0.118. The van der Waals surface area contributed by atoms with Gasteiger partial charge in [0.25, 0.3) is 0 Å². The molecule has 0 aromatic heterocycles. The number of amides is 1. The van der Waals surface area contributed by atoms with Crippen molar-refractivity contribution in [3.05, 3.63) is 42.5 Å². The van der Waals surface area contributed by atoms with Crippen LogP contribution in [0.25, 0.3) is 10.8 Å². The third-order valence-corrected chi connectivity index (χ3v) is 2.85. The number of rotatable bonds is 3. The summed E-state index contributed by atoms with van der Waals surface area (Å²) in [7, 11) is 1.78. The van der Waals surface area contributed by atoms with E-state index in [9.17, 15) is 4.79 Å². The highest BCUT2D eigenvalue weighted by atomic mass is 16.2. The first-order chi connectivity index (χ1) is 8.22. The Morgan fingerprint density at radius 1 is 1.18 bits per heavy atom. The second-order valence-corrected chi connectivity index (χ2v) is 4.02. The molecule has 3 heteroatoms. The molecule has 0 spiro atoms. The van der Waals surface area contributed by atoms with Crippen molar-refractivity contribution in [3.8, 4) is 0 Å². The highest BCUT2D eigenvalue weighted by Gasteiger charge is 2.09. The summed E-state index contributed by atoms with van der Waals surface area (Å²) in [5, 5.41) is 2.31. The zero-order chi connectivity index (χ0) is 12.3. The molecule has 3 nitrogen and oxygen atoms in total.